The van der Waals surface area contributed by atoms with Crippen LogP contribution in [0.3, 0.4) is 0 Å². The first kappa shape index (κ1) is 15.4. The largest absolute Gasteiger partial charge is 0.462 e. The predicted octanol–water partition coefficient (Wildman–Crippen LogP) is 5.10. The highest BCUT2D eigenvalue weighted by Gasteiger charge is 2.55. The second-order valence-corrected chi connectivity index (χ2v) is 8.26. The van der Waals surface area contributed by atoms with E-state index in [1.165, 1.54) is 44.9 Å². The van der Waals surface area contributed by atoms with Gasteiger partial charge in [-0.25, -0.2) is 0 Å². The Kier molecular flexibility index (Phi) is 4.61. The molecule has 0 heterocycles. The summed E-state index contributed by atoms with van der Waals surface area (Å²) in [6.07, 6.45) is 13.7. The van der Waals surface area contributed by atoms with Crippen LogP contribution in [0.15, 0.2) is 0 Å². The maximum Gasteiger partial charge on any atom is 0.312 e. The lowest BCUT2D eigenvalue weighted by Crippen LogP contribution is -2.51. The Balaban J connectivity index is 1.51. The summed E-state index contributed by atoms with van der Waals surface area (Å²) in [7, 11) is 0. The van der Waals surface area contributed by atoms with E-state index in [4.69, 9.17) is 4.74 Å². The zero-order chi connectivity index (χ0) is 14.9. The summed E-state index contributed by atoms with van der Waals surface area (Å²) in [6, 6.07) is 0. The summed E-state index contributed by atoms with van der Waals surface area (Å²) in [5.74, 6) is 2.63. The van der Waals surface area contributed by atoms with Gasteiger partial charge in [0.05, 0.1) is 11.5 Å². The van der Waals surface area contributed by atoms with Gasteiger partial charge in [0.1, 0.15) is 0 Å². The van der Waals surface area contributed by atoms with Crippen molar-refractivity contribution in [1.82, 2.24) is 0 Å². The van der Waals surface area contributed by atoms with Crippen molar-refractivity contribution < 1.29 is 9.53 Å². The Bertz CT molecular complexity index is 338. The van der Waals surface area contributed by atoms with E-state index in [-0.39, 0.29) is 17.5 Å². The number of carbonyl (C=O) groups is 1. The number of ether oxygens (including phenoxy) is 1. The number of hydrogen-bond acceptors (Lipinski definition) is 2. The molecule has 4 rings (SSSR count). The fourth-order valence-corrected chi connectivity index (χ4v) is 5.59. The monoisotopic (exact) mass is 292 g/mol. The molecule has 4 aliphatic carbocycles. The highest BCUT2D eigenvalue weighted by atomic mass is 16.5. The van der Waals surface area contributed by atoms with Gasteiger partial charge in [-0.1, -0.05) is 26.2 Å². The molecule has 4 bridgehead atoms. The van der Waals surface area contributed by atoms with Crippen LogP contribution in [0, 0.1) is 23.2 Å². The minimum atomic E-state index is -0.0770. The van der Waals surface area contributed by atoms with Crippen LogP contribution in [0.5, 0.6) is 0 Å². The molecule has 120 valence electrons. The van der Waals surface area contributed by atoms with Gasteiger partial charge in [-0.15, -0.1) is 0 Å². The summed E-state index contributed by atoms with van der Waals surface area (Å²) in [5.41, 5.74) is -0.0770. The van der Waals surface area contributed by atoms with Gasteiger partial charge in [0.25, 0.3) is 0 Å². The molecule has 0 spiro atoms. The molecular formula is C19H32O2. The smallest absolute Gasteiger partial charge is 0.312 e. The number of esters is 1. The van der Waals surface area contributed by atoms with Crippen molar-refractivity contribution >= 4 is 5.97 Å². The molecule has 0 N–H and O–H groups in total. The summed E-state index contributed by atoms with van der Waals surface area (Å²) in [5, 5.41) is 0. The molecule has 0 amide bonds. The maximum atomic E-state index is 12.8. The van der Waals surface area contributed by atoms with Gasteiger partial charge in [0.15, 0.2) is 0 Å². The Hall–Kier alpha value is -0.530. The van der Waals surface area contributed by atoms with Crippen molar-refractivity contribution in [2.75, 3.05) is 0 Å². The van der Waals surface area contributed by atoms with Gasteiger partial charge in [-0.05, 0) is 76.0 Å². The van der Waals surface area contributed by atoms with Crippen molar-refractivity contribution in [3.8, 4) is 0 Å². The summed E-state index contributed by atoms with van der Waals surface area (Å²) in [4.78, 5) is 12.8. The van der Waals surface area contributed by atoms with Crippen molar-refractivity contribution in [3.05, 3.63) is 0 Å². The van der Waals surface area contributed by atoms with E-state index in [0.29, 0.717) is 0 Å². The minimum absolute atomic E-state index is 0.0770. The van der Waals surface area contributed by atoms with Gasteiger partial charge >= 0.3 is 5.97 Å². The molecule has 4 saturated carbocycles. The Morgan fingerprint density at radius 1 is 1.05 bits per heavy atom. The summed E-state index contributed by atoms with van der Waals surface area (Å²) >= 11 is 0. The van der Waals surface area contributed by atoms with E-state index >= 15 is 0 Å². The van der Waals surface area contributed by atoms with E-state index in [0.717, 1.165) is 43.4 Å². The molecule has 0 aromatic heterocycles. The Morgan fingerprint density at radius 2 is 1.62 bits per heavy atom. The third-order valence-corrected chi connectivity index (χ3v) is 6.24. The SMILES string of the molecule is CCCCCCC(C)OC(=O)C12CC3CC(CC(C3)C1)C2. The number of unbranched alkanes of at least 4 members (excludes halogenated alkanes) is 3. The first-order valence-electron chi connectivity index (χ1n) is 9.32. The van der Waals surface area contributed by atoms with Crippen LogP contribution in [0.1, 0.15) is 84.5 Å². The molecule has 4 fully saturated rings. The first-order chi connectivity index (χ1) is 10.1. The summed E-state index contributed by atoms with van der Waals surface area (Å²) in [6.45, 7) is 4.32. The van der Waals surface area contributed by atoms with E-state index < -0.39 is 0 Å². The van der Waals surface area contributed by atoms with Crippen molar-refractivity contribution in [2.45, 2.75) is 90.6 Å². The molecule has 0 radical (unpaired) electrons. The van der Waals surface area contributed by atoms with Gasteiger partial charge in [0.2, 0.25) is 0 Å². The third-order valence-electron chi connectivity index (χ3n) is 6.24. The molecular weight excluding hydrogens is 260 g/mol. The fraction of sp³-hybridized carbons (Fsp3) is 0.947. The van der Waals surface area contributed by atoms with Gasteiger partial charge in [-0.3, -0.25) is 4.79 Å². The van der Waals surface area contributed by atoms with Crippen LogP contribution >= 0.6 is 0 Å². The van der Waals surface area contributed by atoms with Crippen LogP contribution in [-0.4, -0.2) is 12.1 Å². The normalized spacial score (nSPS) is 38.5. The lowest BCUT2D eigenvalue weighted by molar-refractivity contribution is -0.176. The Labute approximate surface area is 130 Å². The number of rotatable bonds is 7. The number of hydrogen-bond donors (Lipinski definition) is 0. The van der Waals surface area contributed by atoms with E-state index in [2.05, 4.69) is 13.8 Å². The molecule has 0 saturated heterocycles. The zero-order valence-electron chi connectivity index (χ0n) is 13.9. The van der Waals surface area contributed by atoms with Crippen LogP contribution in [-0.2, 0) is 9.53 Å². The third kappa shape index (κ3) is 3.29. The van der Waals surface area contributed by atoms with Crippen LogP contribution < -0.4 is 0 Å². The van der Waals surface area contributed by atoms with Crippen LogP contribution in [0.4, 0.5) is 0 Å². The van der Waals surface area contributed by atoms with Crippen LogP contribution in [0.2, 0.25) is 0 Å². The maximum absolute atomic E-state index is 12.8. The molecule has 0 aromatic rings. The van der Waals surface area contributed by atoms with Crippen LogP contribution in [0.25, 0.3) is 0 Å². The fourth-order valence-electron chi connectivity index (χ4n) is 5.59. The highest BCUT2D eigenvalue weighted by Crippen LogP contribution is 2.60. The Morgan fingerprint density at radius 3 is 2.14 bits per heavy atom. The zero-order valence-corrected chi connectivity index (χ0v) is 13.9. The van der Waals surface area contributed by atoms with Crippen molar-refractivity contribution in [1.29, 1.82) is 0 Å². The van der Waals surface area contributed by atoms with Gasteiger partial charge in [-0.2, -0.15) is 0 Å². The van der Waals surface area contributed by atoms with E-state index in [9.17, 15) is 4.79 Å². The second kappa shape index (κ2) is 6.30. The lowest BCUT2D eigenvalue weighted by Gasteiger charge is -2.55. The first-order valence-corrected chi connectivity index (χ1v) is 9.32. The molecule has 0 aromatic carbocycles. The van der Waals surface area contributed by atoms with Crippen molar-refractivity contribution in [3.63, 3.8) is 0 Å². The molecule has 0 aliphatic heterocycles. The molecule has 2 nitrogen and oxygen atoms in total. The molecule has 4 aliphatic rings. The molecule has 1 unspecified atom stereocenters. The topological polar surface area (TPSA) is 26.3 Å². The van der Waals surface area contributed by atoms with Crippen molar-refractivity contribution in [2.24, 2.45) is 23.2 Å². The van der Waals surface area contributed by atoms with Gasteiger partial charge < -0.3 is 4.74 Å². The van der Waals surface area contributed by atoms with E-state index in [1.54, 1.807) is 0 Å². The molecule has 21 heavy (non-hydrogen) atoms. The minimum Gasteiger partial charge on any atom is -0.462 e. The lowest BCUT2D eigenvalue weighted by atomic mass is 9.49. The van der Waals surface area contributed by atoms with Gasteiger partial charge in [0, 0.05) is 0 Å². The summed E-state index contributed by atoms with van der Waals surface area (Å²) < 4.78 is 5.88. The average molecular weight is 292 g/mol. The quantitative estimate of drug-likeness (QED) is 0.482. The van der Waals surface area contributed by atoms with E-state index in [1.807, 2.05) is 0 Å². The molecule has 1 atom stereocenters. The second-order valence-electron chi connectivity index (χ2n) is 8.26. The average Bonchev–Trinajstić information content (AvgIpc) is 2.42. The molecule has 2 heteroatoms. The highest BCUT2D eigenvalue weighted by molar-refractivity contribution is 5.77. The standard InChI is InChI=1S/C19H32O2/c1-3-4-5-6-7-14(2)21-18(20)19-11-15-8-16(12-19)10-17(9-15)13-19/h14-17H,3-13H2,1-2H3. The predicted molar refractivity (Wildman–Crippen MR) is 84.9 cm³/mol. The number of carbonyl (C=O) groups excluding carboxylic acids is 1.